The van der Waals surface area contributed by atoms with Gasteiger partial charge < -0.3 is 0 Å². The van der Waals surface area contributed by atoms with Gasteiger partial charge in [0.15, 0.2) is 0 Å². The van der Waals surface area contributed by atoms with Crippen LogP contribution in [0.25, 0.3) is 0 Å². The van der Waals surface area contributed by atoms with E-state index in [9.17, 15) is 0 Å². The van der Waals surface area contributed by atoms with Crippen molar-refractivity contribution in [3.63, 3.8) is 0 Å². The molecule has 0 aliphatic carbocycles. The monoisotopic (exact) mass is 208 g/mol. The summed E-state index contributed by atoms with van der Waals surface area (Å²) >= 11 is 0. The van der Waals surface area contributed by atoms with Crippen LogP contribution in [0.5, 0.6) is 0 Å². The van der Waals surface area contributed by atoms with Gasteiger partial charge in [-0.25, -0.2) is 9.78 Å². The Labute approximate surface area is 92.1 Å². The van der Waals surface area contributed by atoms with E-state index in [0.717, 1.165) is 12.0 Å². The average Bonchev–Trinajstić information content (AvgIpc) is 2.19. The molecule has 0 N–H and O–H groups in total. The zero-order valence-electron chi connectivity index (χ0n) is 9.99. The molecular formula is C13H20O2. The van der Waals surface area contributed by atoms with Crippen LogP contribution in [0, 0.1) is 0 Å². The molecule has 2 heteroatoms. The molecule has 2 nitrogen and oxygen atoms in total. The molecule has 1 aromatic carbocycles. The fourth-order valence-corrected chi connectivity index (χ4v) is 1.23. The van der Waals surface area contributed by atoms with Crippen molar-refractivity contribution in [2.24, 2.45) is 0 Å². The van der Waals surface area contributed by atoms with E-state index in [4.69, 9.17) is 9.78 Å². The standard InChI is InChI=1S/C13H20O2/c1-5-12(14-15-13(2,3)4)11-9-7-6-8-10-11/h6-10,12H,5H2,1-4H3. The highest BCUT2D eigenvalue weighted by Gasteiger charge is 2.16. The van der Waals surface area contributed by atoms with E-state index in [2.05, 4.69) is 19.1 Å². The largest absolute Gasteiger partial charge is 0.230 e. The second-order valence-corrected chi connectivity index (χ2v) is 4.60. The van der Waals surface area contributed by atoms with Gasteiger partial charge in [0.1, 0.15) is 6.10 Å². The molecule has 0 radical (unpaired) electrons. The summed E-state index contributed by atoms with van der Waals surface area (Å²) in [6.45, 7) is 8.02. The zero-order chi connectivity index (χ0) is 11.3. The number of benzene rings is 1. The lowest BCUT2D eigenvalue weighted by atomic mass is 10.1. The van der Waals surface area contributed by atoms with E-state index in [1.165, 1.54) is 0 Å². The van der Waals surface area contributed by atoms with Gasteiger partial charge in [-0.15, -0.1) is 0 Å². The van der Waals surface area contributed by atoms with E-state index in [0.29, 0.717) is 0 Å². The number of rotatable bonds is 4. The van der Waals surface area contributed by atoms with Gasteiger partial charge in [0, 0.05) is 0 Å². The molecule has 0 saturated carbocycles. The second-order valence-electron chi connectivity index (χ2n) is 4.60. The Morgan fingerprint density at radius 3 is 2.20 bits per heavy atom. The van der Waals surface area contributed by atoms with Crippen molar-refractivity contribution in [2.75, 3.05) is 0 Å². The minimum absolute atomic E-state index is 0.0189. The molecule has 0 aliphatic heterocycles. The van der Waals surface area contributed by atoms with Gasteiger partial charge in [-0.2, -0.15) is 0 Å². The van der Waals surface area contributed by atoms with Gasteiger partial charge in [0.2, 0.25) is 0 Å². The molecule has 0 spiro atoms. The molecule has 1 unspecified atom stereocenters. The minimum Gasteiger partial charge on any atom is -0.230 e. The van der Waals surface area contributed by atoms with Crippen LogP contribution in [0.2, 0.25) is 0 Å². The van der Waals surface area contributed by atoms with Crippen molar-refractivity contribution >= 4 is 0 Å². The molecule has 0 aliphatic rings. The van der Waals surface area contributed by atoms with Crippen LogP contribution in [-0.2, 0) is 9.78 Å². The van der Waals surface area contributed by atoms with E-state index in [1.54, 1.807) is 0 Å². The molecule has 0 saturated heterocycles. The van der Waals surface area contributed by atoms with Gasteiger partial charge in [-0.1, -0.05) is 37.3 Å². The predicted octanol–water partition coefficient (Wildman–Crippen LogP) is 3.88. The van der Waals surface area contributed by atoms with Gasteiger partial charge in [0.05, 0.1) is 5.60 Å². The quantitative estimate of drug-likeness (QED) is 0.552. The van der Waals surface area contributed by atoms with Crippen LogP contribution in [0.3, 0.4) is 0 Å². The molecule has 0 bridgehead atoms. The smallest absolute Gasteiger partial charge is 0.118 e. The van der Waals surface area contributed by atoms with Gasteiger partial charge in [-0.05, 0) is 32.8 Å². The lowest BCUT2D eigenvalue weighted by molar-refractivity contribution is -0.376. The Bertz CT molecular complexity index is 274. The molecule has 0 heterocycles. The first-order chi connectivity index (χ1) is 7.03. The number of hydrogen-bond donors (Lipinski definition) is 0. The molecule has 0 fully saturated rings. The van der Waals surface area contributed by atoms with E-state index >= 15 is 0 Å². The third-order valence-electron chi connectivity index (χ3n) is 1.96. The van der Waals surface area contributed by atoms with Crippen LogP contribution in [0.1, 0.15) is 45.8 Å². The number of hydrogen-bond acceptors (Lipinski definition) is 2. The van der Waals surface area contributed by atoms with Crippen molar-refractivity contribution in [1.82, 2.24) is 0 Å². The first-order valence-electron chi connectivity index (χ1n) is 5.42. The van der Waals surface area contributed by atoms with Crippen molar-refractivity contribution < 1.29 is 9.78 Å². The van der Waals surface area contributed by atoms with Crippen LogP contribution >= 0.6 is 0 Å². The highest BCUT2D eigenvalue weighted by Crippen LogP contribution is 2.23. The molecule has 15 heavy (non-hydrogen) atoms. The molecular weight excluding hydrogens is 188 g/mol. The first kappa shape index (κ1) is 12.2. The van der Waals surface area contributed by atoms with Crippen LogP contribution in [0.4, 0.5) is 0 Å². The molecule has 1 atom stereocenters. The molecule has 0 aromatic heterocycles. The summed E-state index contributed by atoms with van der Waals surface area (Å²) in [7, 11) is 0. The summed E-state index contributed by atoms with van der Waals surface area (Å²) in [6.07, 6.45) is 0.922. The van der Waals surface area contributed by atoms with E-state index in [-0.39, 0.29) is 11.7 Å². The molecule has 84 valence electrons. The van der Waals surface area contributed by atoms with E-state index < -0.39 is 0 Å². The van der Waals surface area contributed by atoms with Crippen molar-refractivity contribution in [2.45, 2.75) is 45.8 Å². The molecule has 0 amide bonds. The van der Waals surface area contributed by atoms with Crippen molar-refractivity contribution in [1.29, 1.82) is 0 Å². The third kappa shape index (κ3) is 4.45. The van der Waals surface area contributed by atoms with Crippen molar-refractivity contribution in [3.8, 4) is 0 Å². The van der Waals surface area contributed by atoms with Gasteiger partial charge >= 0.3 is 0 Å². The fourth-order valence-electron chi connectivity index (χ4n) is 1.23. The Kier molecular flexibility index (Phi) is 4.30. The predicted molar refractivity (Wildman–Crippen MR) is 61.4 cm³/mol. The Morgan fingerprint density at radius 2 is 1.73 bits per heavy atom. The fraction of sp³-hybridized carbons (Fsp3) is 0.538. The maximum atomic E-state index is 5.44. The lowest BCUT2D eigenvalue weighted by Crippen LogP contribution is -2.21. The second kappa shape index (κ2) is 5.29. The van der Waals surface area contributed by atoms with Crippen LogP contribution in [0.15, 0.2) is 30.3 Å². The maximum absolute atomic E-state index is 5.44. The van der Waals surface area contributed by atoms with E-state index in [1.807, 2.05) is 39.0 Å². The SMILES string of the molecule is CCC(OOC(C)(C)C)c1ccccc1. The van der Waals surface area contributed by atoms with Crippen LogP contribution in [-0.4, -0.2) is 5.60 Å². The first-order valence-corrected chi connectivity index (χ1v) is 5.42. The minimum atomic E-state index is -0.262. The normalized spacial score (nSPS) is 13.9. The molecule has 1 aromatic rings. The summed E-state index contributed by atoms with van der Waals surface area (Å²) < 4.78 is 0. The summed E-state index contributed by atoms with van der Waals surface area (Å²) in [4.78, 5) is 10.8. The lowest BCUT2D eigenvalue weighted by Gasteiger charge is -2.22. The summed E-state index contributed by atoms with van der Waals surface area (Å²) in [6, 6.07) is 10.1. The van der Waals surface area contributed by atoms with Crippen LogP contribution < -0.4 is 0 Å². The zero-order valence-corrected chi connectivity index (χ0v) is 9.99. The summed E-state index contributed by atoms with van der Waals surface area (Å²) in [5.74, 6) is 0. The van der Waals surface area contributed by atoms with Gasteiger partial charge in [-0.3, -0.25) is 0 Å². The highest BCUT2D eigenvalue weighted by atomic mass is 17.2. The summed E-state index contributed by atoms with van der Waals surface area (Å²) in [5.41, 5.74) is 0.895. The van der Waals surface area contributed by atoms with Gasteiger partial charge in [0.25, 0.3) is 0 Å². The molecule has 1 rings (SSSR count). The summed E-state index contributed by atoms with van der Waals surface area (Å²) in [5, 5.41) is 0. The average molecular weight is 208 g/mol. The Balaban J connectivity index is 2.58. The highest BCUT2D eigenvalue weighted by molar-refractivity contribution is 5.17. The third-order valence-corrected chi connectivity index (χ3v) is 1.96. The Morgan fingerprint density at radius 1 is 1.13 bits per heavy atom. The maximum Gasteiger partial charge on any atom is 0.118 e. The Hall–Kier alpha value is -0.860. The topological polar surface area (TPSA) is 18.5 Å². The van der Waals surface area contributed by atoms with Crippen molar-refractivity contribution in [3.05, 3.63) is 35.9 Å².